The van der Waals surface area contributed by atoms with Crippen LogP contribution in [0.25, 0.3) is 27.5 Å². The molecule has 1 aromatic carbocycles. The van der Waals surface area contributed by atoms with Gasteiger partial charge in [0.05, 0.1) is 22.6 Å². The topological polar surface area (TPSA) is 101 Å². The maximum Gasteiger partial charge on any atom is 0.266 e. The molecule has 0 saturated heterocycles. The van der Waals surface area contributed by atoms with Crippen LogP contribution in [0.1, 0.15) is 0 Å². The fraction of sp³-hybridized carbons (Fsp3) is 0. The molecule has 0 spiro atoms. The summed E-state index contributed by atoms with van der Waals surface area (Å²) in [6.07, 6.45) is 3.15. The number of hydrogen-bond donors (Lipinski definition) is 2. The van der Waals surface area contributed by atoms with E-state index in [0.29, 0.717) is 38.2 Å². The van der Waals surface area contributed by atoms with E-state index in [2.05, 4.69) is 20.2 Å². The molecule has 3 aromatic heterocycles. The van der Waals surface area contributed by atoms with Crippen LogP contribution in [0.3, 0.4) is 0 Å². The SMILES string of the molecule is NC(=S)N=Nc1c2cc(Cl)ccc2n2c(=O)c3ccncc3[nH]c12. The Kier molecular flexibility index (Phi) is 3.29. The Bertz CT molecular complexity index is 1230. The van der Waals surface area contributed by atoms with E-state index < -0.39 is 0 Å². The molecular formula is C15H9ClN6OS. The third kappa shape index (κ3) is 2.15. The molecule has 0 bridgehead atoms. The molecule has 0 aliphatic heterocycles. The molecule has 0 unspecified atom stereocenters. The Balaban J connectivity index is 2.27. The number of aromatic amines is 1. The first kappa shape index (κ1) is 14.7. The number of nitrogens with one attached hydrogen (secondary N) is 1. The Morgan fingerprint density at radius 3 is 2.96 bits per heavy atom. The zero-order chi connectivity index (χ0) is 16.8. The molecular weight excluding hydrogens is 348 g/mol. The number of fused-ring (bicyclic) bond motifs is 4. The van der Waals surface area contributed by atoms with Crippen molar-refractivity contribution in [2.75, 3.05) is 0 Å². The average Bonchev–Trinajstić information content (AvgIpc) is 2.86. The molecule has 9 heteroatoms. The molecule has 118 valence electrons. The van der Waals surface area contributed by atoms with Crippen molar-refractivity contribution in [1.82, 2.24) is 14.4 Å². The third-order valence-corrected chi connectivity index (χ3v) is 3.98. The van der Waals surface area contributed by atoms with Gasteiger partial charge in [-0.15, -0.1) is 10.2 Å². The number of rotatable bonds is 1. The van der Waals surface area contributed by atoms with Crippen LogP contribution >= 0.6 is 23.8 Å². The van der Waals surface area contributed by atoms with Crippen molar-refractivity contribution in [1.29, 1.82) is 0 Å². The third-order valence-electron chi connectivity index (χ3n) is 3.66. The second-order valence-corrected chi connectivity index (χ2v) is 5.94. The van der Waals surface area contributed by atoms with Gasteiger partial charge in [-0.25, -0.2) is 0 Å². The van der Waals surface area contributed by atoms with Crippen molar-refractivity contribution >= 4 is 62.1 Å². The van der Waals surface area contributed by atoms with Gasteiger partial charge in [-0.1, -0.05) is 11.6 Å². The number of azo groups is 1. The van der Waals surface area contributed by atoms with Crippen molar-refractivity contribution in [3.05, 3.63) is 52.0 Å². The zero-order valence-corrected chi connectivity index (χ0v) is 13.6. The summed E-state index contributed by atoms with van der Waals surface area (Å²) in [6, 6.07) is 6.84. The van der Waals surface area contributed by atoms with E-state index in [-0.39, 0.29) is 10.7 Å². The number of hydrogen-bond acceptors (Lipinski definition) is 4. The summed E-state index contributed by atoms with van der Waals surface area (Å²) in [5.74, 6) is 0. The van der Waals surface area contributed by atoms with Crippen LogP contribution in [0.5, 0.6) is 0 Å². The molecule has 4 aromatic rings. The van der Waals surface area contributed by atoms with Crippen molar-refractivity contribution < 1.29 is 0 Å². The summed E-state index contributed by atoms with van der Waals surface area (Å²) < 4.78 is 1.53. The van der Waals surface area contributed by atoms with Crippen LogP contribution in [-0.2, 0) is 0 Å². The van der Waals surface area contributed by atoms with Gasteiger partial charge < -0.3 is 10.7 Å². The summed E-state index contributed by atoms with van der Waals surface area (Å²) in [4.78, 5) is 20.1. The van der Waals surface area contributed by atoms with Crippen molar-refractivity contribution in [3.63, 3.8) is 0 Å². The minimum atomic E-state index is -0.190. The number of aromatic nitrogens is 3. The van der Waals surface area contributed by atoms with Gasteiger partial charge in [-0.05, 0) is 36.5 Å². The Morgan fingerprint density at radius 2 is 2.17 bits per heavy atom. The molecule has 7 nitrogen and oxygen atoms in total. The number of halogens is 1. The fourth-order valence-electron chi connectivity index (χ4n) is 2.70. The summed E-state index contributed by atoms with van der Waals surface area (Å²) in [6.45, 7) is 0. The maximum absolute atomic E-state index is 12.9. The van der Waals surface area contributed by atoms with E-state index in [1.807, 2.05) is 0 Å². The highest BCUT2D eigenvalue weighted by Gasteiger charge is 2.16. The normalized spacial score (nSPS) is 11.9. The second kappa shape index (κ2) is 5.36. The number of H-pyrrole nitrogens is 1. The van der Waals surface area contributed by atoms with E-state index in [1.54, 1.807) is 36.7 Å². The molecule has 0 aliphatic carbocycles. The molecule has 0 aliphatic rings. The lowest BCUT2D eigenvalue weighted by molar-refractivity contribution is 1.13. The number of benzene rings is 1. The highest BCUT2D eigenvalue weighted by atomic mass is 35.5. The van der Waals surface area contributed by atoms with Gasteiger partial charge in [0, 0.05) is 16.6 Å². The first-order valence-corrected chi connectivity index (χ1v) is 7.66. The summed E-state index contributed by atoms with van der Waals surface area (Å²) in [5, 5.41) is 9.44. The number of nitrogens with zero attached hydrogens (tertiary/aromatic N) is 4. The lowest BCUT2D eigenvalue weighted by Crippen LogP contribution is -2.13. The van der Waals surface area contributed by atoms with Crippen molar-refractivity contribution in [2.45, 2.75) is 0 Å². The lowest BCUT2D eigenvalue weighted by Gasteiger charge is -2.01. The number of pyridine rings is 1. The van der Waals surface area contributed by atoms with Crippen LogP contribution in [0.4, 0.5) is 5.69 Å². The predicted molar refractivity (Wildman–Crippen MR) is 97.1 cm³/mol. The molecule has 24 heavy (non-hydrogen) atoms. The summed E-state index contributed by atoms with van der Waals surface area (Å²) in [5.41, 5.74) is 7.37. The molecule has 3 heterocycles. The predicted octanol–water partition coefficient (Wildman–Crippen LogP) is 3.31. The Morgan fingerprint density at radius 1 is 1.33 bits per heavy atom. The smallest absolute Gasteiger partial charge is 0.266 e. The molecule has 4 rings (SSSR count). The minimum Gasteiger partial charge on any atom is -0.373 e. The summed E-state index contributed by atoms with van der Waals surface area (Å²) >= 11 is 10.8. The highest BCUT2D eigenvalue weighted by molar-refractivity contribution is 7.80. The van der Waals surface area contributed by atoms with E-state index >= 15 is 0 Å². The van der Waals surface area contributed by atoms with Gasteiger partial charge in [0.15, 0.2) is 0 Å². The zero-order valence-electron chi connectivity index (χ0n) is 12.0. The number of thiocarbonyl (C=S) groups is 1. The van der Waals surface area contributed by atoms with Gasteiger partial charge >= 0.3 is 0 Å². The van der Waals surface area contributed by atoms with Crippen LogP contribution in [-0.4, -0.2) is 19.5 Å². The lowest BCUT2D eigenvalue weighted by atomic mass is 10.2. The average molecular weight is 357 g/mol. The first-order chi connectivity index (χ1) is 11.6. The van der Waals surface area contributed by atoms with Crippen LogP contribution in [0, 0.1) is 0 Å². The monoisotopic (exact) mass is 356 g/mol. The Labute approximate surface area is 144 Å². The van der Waals surface area contributed by atoms with Gasteiger partial charge in [-0.3, -0.25) is 14.2 Å². The van der Waals surface area contributed by atoms with Crippen LogP contribution in [0.15, 0.2) is 51.7 Å². The molecule has 0 fully saturated rings. The molecule has 0 radical (unpaired) electrons. The highest BCUT2D eigenvalue weighted by Crippen LogP contribution is 2.34. The van der Waals surface area contributed by atoms with E-state index in [9.17, 15) is 4.79 Å². The van der Waals surface area contributed by atoms with Gasteiger partial charge in [0.2, 0.25) is 5.11 Å². The van der Waals surface area contributed by atoms with Gasteiger partial charge in [0.1, 0.15) is 11.3 Å². The second-order valence-electron chi connectivity index (χ2n) is 5.08. The van der Waals surface area contributed by atoms with E-state index in [0.717, 1.165) is 0 Å². The maximum atomic E-state index is 12.9. The minimum absolute atomic E-state index is 0.102. The van der Waals surface area contributed by atoms with Crippen LogP contribution < -0.4 is 11.3 Å². The fourth-order valence-corrected chi connectivity index (χ4v) is 2.91. The molecule has 0 amide bonds. The molecule has 0 atom stereocenters. The standard InChI is InChI=1S/C15H9ClN6OS/c16-7-1-2-11-9(5-7)12(20-21-15(17)24)13-19-10-6-18-4-3-8(10)14(23)22(11)13/h1-6,19H,(H2,17,24). The van der Waals surface area contributed by atoms with Crippen molar-refractivity contribution in [2.24, 2.45) is 16.0 Å². The summed E-state index contributed by atoms with van der Waals surface area (Å²) in [7, 11) is 0. The first-order valence-electron chi connectivity index (χ1n) is 6.87. The van der Waals surface area contributed by atoms with Crippen molar-refractivity contribution in [3.8, 4) is 0 Å². The van der Waals surface area contributed by atoms with E-state index in [4.69, 9.17) is 29.6 Å². The van der Waals surface area contributed by atoms with Gasteiger partial charge in [-0.2, -0.15) is 0 Å². The van der Waals surface area contributed by atoms with Crippen LogP contribution in [0.2, 0.25) is 5.02 Å². The largest absolute Gasteiger partial charge is 0.373 e. The van der Waals surface area contributed by atoms with E-state index in [1.165, 1.54) is 4.40 Å². The Hall–Kier alpha value is -2.84. The number of nitrogens with two attached hydrogens (primary N) is 1. The quantitative estimate of drug-likeness (QED) is 0.403. The molecule has 3 N–H and O–H groups in total. The van der Waals surface area contributed by atoms with Gasteiger partial charge in [0.25, 0.3) is 5.56 Å². The molecule has 0 saturated carbocycles.